The molecule has 0 unspecified atom stereocenters. The summed E-state index contributed by atoms with van der Waals surface area (Å²) >= 11 is 0. The maximum Gasteiger partial charge on any atom is 0.330 e. The van der Waals surface area contributed by atoms with Crippen LogP contribution in [0.15, 0.2) is 61.2 Å². The van der Waals surface area contributed by atoms with Gasteiger partial charge in [-0.3, -0.25) is 0 Å². The van der Waals surface area contributed by atoms with E-state index in [1.165, 1.54) is 366 Å². The Morgan fingerprint density at radius 2 is 0.397 bits per heavy atom. The van der Waals surface area contributed by atoms with Gasteiger partial charge < -0.3 is 39.0 Å². The molecule has 116 heavy (non-hydrogen) atoms. The molecule has 0 radical (unpaired) electrons. The van der Waals surface area contributed by atoms with Crippen molar-refractivity contribution in [3.05, 3.63) is 128 Å². The first-order valence-electron chi connectivity index (χ1n) is 50.0. The van der Waals surface area contributed by atoms with Crippen molar-refractivity contribution in [2.45, 2.75) is 491 Å². The third-order valence-electron chi connectivity index (χ3n) is 24.8. The lowest BCUT2D eigenvalue weighted by molar-refractivity contribution is -0.139. The van der Waals surface area contributed by atoms with Gasteiger partial charge >= 0.3 is 5.97 Å². The van der Waals surface area contributed by atoms with Crippen molar-refractivity contribution in [3.63, 3.8) is 0 Å². The molecule has 0 aromatic heterocycles. The zero-order valence-electron chi connectivity index (χ0n) is 75.9. The molecule has 5 rings (SSSR count). The van der Waals surface area contributed by atoms with E-state index in [4.69, 9.17) is 23.7 Å². The molecule has 660 valence electrons. The second-order valence-electron chi connectivity index (χ2n) is 35.6. The summed E-state index contributed by atoms with van der Waals surface area (Å²) in [5.41, 5.74) is 10.9. The SMILES string of the molecule is C=CC(=O)OCc1cc2c(OCCCCCCCCCCCCCCCCCC)c(c1)Cc1cc(CO)cc(c1OCCCCCCCCCCCCCCCCCC)Cc1cc(CO)cc(c1OCCCCCCCCCCCCCCCCCC)Cc1cc(CO)cc(c1OCCCCCCCCCCCCCCCCCC)C2. The Balaban J connectivity index is 1.49. The van der Waals surface area contributed by atoms with E-state index in [-0.39, 0.29) is 26.4 Å². The van der Waals surface area contributed by atoms with Gasteiger partial charge in [0.1, 0.15) is 29.6 Å². The van der Waals surface area contributed by atoms with Gasteiger partial charge in [0.05, 0.1) is 46.2 Å². The minimum Gasteiger partial charge on any atom is -0.493 e. The molecule has 4 aromatic carbocycles. The molecule has 0 heterocycles. The highest BCUT2D eigenvalue weighted by atomic mass is 16.5. The highest BCUT2D eigenvalue weighted by Gasteiger charge is 2.26. The molecule has 0 amide bonds. The standard InChI is InChI=1S/C107H178O9/c1-6-11-15-19-23-27-31-35-39-43-47-51-55-59-63-67-71-112-104-95-75-91(87-108)76-96(104)84-98-78-93(89-110)80-100(106(98)114-73-69-65-61-57-53-49-45-41-37-33-29-25-21-17-13-8-3)86-102-82-94(90-116-103(111)10-5)81-101(107(102)115-74-70-66-62-58-54-50-46-42-38-34-30-26-22-18-14-9-4)85-99-79-92(88-109)77-97(83-95)105(99)113-72-68-64-60-56-52-48-44-40-36-32-28-24-20-16-12-7-2/h10,75-82,108-110H,5-9,11-74,83-90H2,1-4H3. The predicted octanol–water partition coefficient (Wildman–Crippen LogP) is 31.6. The maximum absolute atomic E-state index is 13.0. The summed E-state index contributed by atoms with van der Waals surface area (Å²) in [5, 5.41) is 34.1. The Bertz CT molecular complexity index is 2890. The van der Waals surface area contributed by atoms with Gasteiger partial charge in [-0.25, -0.2) is 4.79 Å². The highest BCUT2D eigenvalue weighted by molar-refractivity contribution is 5.81. The van der Waals surface area contributed by atoms with Crippen LogP contribution in [0.1, 0.15) is 505 Å². The molecular weight excluding hydrogens is 1430 g/mol. The number of unbranched alkanes of at least 4 members (excludes halogenated alkanes) is 60. The van der Waals surface area contributed by atoms with Crippen molar-refractivity contribution in [2.75, 3.05) is 26.4 Å². The maximum atomic E-state index is 13.0. The van der Waals surface area contributed by atoms with Crippen molar-refractivity contribution in [1.29, 1.82) is 0 Å². The molecular formula is C107H178O9. The first-order valence-corrected chi connectivity index (χ1v) is 50.0. The number of rotatable bonds is 78. The fourth-order valence-electron chi connectivity index (χ4n) is 17.8. The van der Waals surface area contributed by atoms with E-state index in [0.717, 1.165) is 141 Å². The Morgan fingerprint density at radius 3 is 0.543 bits per heavy atom. The van der Waals surface area contributed by atoms with E-state index in [2.05, 4.69) is 82.8 Å². The number of fused-ring (bicyclic) bond motifs is 8. The zero-order chi connectivity index (χ0) is 82.5. The Kier molecular flexibility index (Phi) is 62.1. The summed E-state index contributed by atoms with van der Waals surface area (Å²) in [6.07, 6.45) is 86.1. The van der Waals surface area contributed by atoms with Gasteiger partial charge in [0.25, 0.3) is 0 Å². The van der Waals surface area contributed by atoms with Crippen molar-refractivity contribution in [3.8, 4) is 23.0 Å². The molecule has 1 aliphatic rings. The average molecular weight is 1610 g/mol. The first-order chi connectivity index (χ1) is 57.3. The third kappa shape index (κ3) is 47.4. The molecule has 9 nitrogen and oxygen atoms in total. The number of aliphatic hydroxyl groups excluding tert-OH is 3. The van der Waals surface area contributed by atoms with E-state index < -0.39 is 5.97 Å². The number of benzene rings is 4. The van der Waals surface area contributed by atoms with Gasteiger partial charge in [-0.2, -0.15) is 0 Å². The number of aliphatic hydroxyl groups is 3. The summed E-state index contributed by atoms with van der Waals surface area (Å²) in [7, 11) is 0. The van der Waals surface area contributed by atoms with Crippen LogP contribution >= 0.6 is 0 Å². The van der Waals surface area contributed by atoms with Gasteiger partial charge in [0, 0.05) is 31.8 Å². The van der Waals surface area contributed by atoms with Gasteiger partial charge in [-0.15, -0.1) is 0 Å². The van der Waals surface area contributed by atoms with Crippen LogP contribution in [-0.4, -0.2) is 47.7 Å². The summed E-state index contributed by atoms with van der Waals surface area (Å²) in [4.78, 5) is 13.0. The van der Waals surface area contributed by atoms with E-state index in [1.54, 1.807) is 0 Å². The van der Waals surface area contributed by atoms with Crippen molar-refractivity contribution >= 4 is 5.97 Å². The summed E-state index contributed by atoms with van der Waals surface area (Å²) in [6, 6.07) is 17.1. The largest absolute Gasteiger partial charge is 0.493 e. The van der Waals surface area contributed by atoms with Crippen molar-refractivity contribution in [2.24, 2.45) is 0 Å². The Labute approximate surface area is 713 Å². The van der Waals surface area contributed by atoms with Crippen LogP contribution in [0.5, 0.6) is 23.0 Å². The van der Waals surface area contributed by atoms with E-state index in [0.29, 0.717) is 52.1 Å². The van der Waals surface area contributed by atoms with Gasteiger partial charge in [-0.05, 0) is 141 Å². The molecule has 3 N–H and O–H groups in total. The molecule has 0 spiro atoms. The minimum atomic E-state index is -0.484. The molecule has 8 bridgehead atoms. The summed E-state index contributed by atoms with van der Waals surface area (Å²) < 4.78 is 35.1. The molecule has 0 atom stereocenters. The fraction of sp³-hybridized carbons (Fsp3) is 0.748. The summed E-state index contributed by atoms with van der Waals surface area (Å²) in [6.45, 7) is 14.8. The minimum absolute atomic E-state index is 0.0450. The second-order valence-corrected chi connectivity index (χ2v) is 35.6. The van der Waals surface area contributed by atoms with Gasteiger partial charge in [0.2, 0.25) is 0 Å². The zero-order valence-corrected chi connectivity index (χ0v) is 75.9. The normalized spacial score (nSPS) is 12.1. The van der Waals surface area contributed by atoms with Gasteiger partial charge in [0.15, 0.2) is 0 Å². The molecule has 0 fully saturated rings. The highest BCUT2D eigenvalue weighted by Crippen LogP contribution is 2.42. The molecule has 4 aromatic rings. The van der Waals surface area contributed by atoms with Crippen LogP contribution in [0.3, 0.4) is 0 Å². The first kappa shape index (κ1) is 102. The third-order valence-corrected chi connectivity index (χ3v) is 24.8. The number of ether oxygens (including phenoxy) is 5. The molecule has 9 heteroatoms. The van der Waals surface area contributed by atoms with E-state index in [9.17, 15) is 20.1 Å². The van der Waals surface area contributed by atoms with Crippen LogP contribution in [-0.2, 0) is 61.6 Å². The van der Waals surface area contributed by atoms with Crippen LogP contribution in [0.25, 0.3) is 0 Å². The molecule has 0 saturated carbocycles. The average Bonchev–Trinajstić information content (AvgIpc) is 0.777. The number of carbonyl (C=O) groups is 1. The van der Waals surface area contributed by atoms with Gasteiger partial charge in [-0.1, -0.05) is 420 Å². The Hall–Kier alpha value is -4.83. The van der Waals surface area contributed by atoms with Crippen LogP contribution in [0, 0.1) is 0 Å². The van der Waals surface area contributed by atoms with Crippen molar-refractivity contribution in [1.82, 2.24) is 0 Å². The van der Waals surface area contributed by atoms with Crippen molar-refractivity contribution < 1.29 is 43.8 Å². The monoisotopic (exact) mass is 1610 g/mol. The lowest BCUT2D eigenvalue weighted by atomic mass is 9.88. The molecule has 0 saturated heterocycles. The lowest BCUT2D eigenvalue weighted by Crippen LogP contribution is -2.12. The van der Waals surface area contributed by atoms with Crippen LogP contribution in [0.4, 0.5) is 0 Å². The smallest absolute Gasteiger partial charge is 0.330 e. The number of esters is 1. The fourth-order valence-corrected chi connectivity index (χ4v) is 17.8. The number of hydrogen-bond acceptors (Lipinski definition) is 9. The predicted molar refractivity (Wildman–Crippen MR) is 495 cm³/mol. The van der Waals surface area contributed by atoms with E-state index >= 15 is 0 Å². The number of carbonyl (C=O) groups excluding carboxylic acids is 1. The lowest BCUT2D eigenvalue weighted by Gasteiger charge is -2.25. The number of hydrogen-bond donors (Lipinski definition) is 3. The van der Waals surface area contributed by atoms with Crippen LogP contribution in [0.2, 0.25) is 0 Å². The van der Waals surface area contributed by atoms with E-state index in [1.807, 2.05) is 0 Å². The molecule has 1 aliphatic carbocycles. The Morgan fingerprint density at radius 1 is 0.250 bits per heavy atom. The quantitative estimate of drug-likeness (QED) is 0.0198. The molecule has 0 aliphatic heterocycles. The summed E-state index contributed by atoms with van der Waals surface area (Å²) in [5.74, 6) is 2.77. The van der Waals surface area contributed by atoms with Crippen LogP contribution < -0.4 is 18.9 Å². The second kappa shape index (κ2) is 70.8. The topological polar surface area (TPSA) is 124 Å².